The van der Waals surface area contributed by atoms with E-state index in [1.54, 1.807) is 12.3 Å². The quantitative estimate of drug-likeness (QED) is 0.396. The SMILES string of the molecule is CCN(CC)Cc1cc(Nc2ccnc3cc(Cl)ccc23)ccc1O.O.O.[Cl-].[Cl-]. The fourth-order valence-corrected chi connectivity index (χ4v) is 3.03. The van der Waals surface area contributed by atoms with Crippen molar-refractivity contribution >= 4 is 33.9 Å². The van der Waals surface area contributed by atoms with Crippen LogP contribution in [0.3, 0.4) is 0 Å². The highest BCUT2D eigenvalue weighted by molar-refractivity contribution is 6.31. The zero-order chi connectivity index (χ0) is 17.8. The average molecular weight is 463 g/mol. The zero-order valence-corrected chi connectivity index (χ0v) is 18.5. The summed E-state index contributed by atoms with van der Waals surface area (Å²) in [7, 11) is 0. The molecule has 9 heteroatoms. The van der Waals surface area contributed by atoms with E-state index in [4.69, 9.17) is 11.6 Å². The maximum atomic E-state index is 10.2. The van der Waals surface area contributed by atoms with Gasteiger partial charge in [0.1, 0.15) is 5.75 Å². The molecule has 0 bridgehead atoms. The molecule has 0 unspecified atom stereocenters. The van der Waals surface area contributed by atoms with Crippen LogP contribution in [0.5, 0.6) is 5.75 Å². The van der Waals surface area contributed by atoms with Crippen molar-refractivity contribution < 1.29 is 40.9 Å². The number of phenolic OH excluding ortho intramolecular Hbond substituents is 1. The summed E-state index contributed by atoms with van der Waals surface area (Å²) in [5, 5.41) is 15.3. The summed E-state index contributed by atoms with van der Waals surface area (Å²) < 4.78 is 0. The number of nitrogens with one attached hydrogen (secondary N) is 1. The fourth-order valence-electron chi connectivity index (χ4n) is 2.86. The lowest BCUT2D eigenvalue weighted by molar-refractivity contribution is -0.001000. The Hall–Kier alpha value is -1.80. The highest BCUT2D eigenvalue weighted by Gasteiger charge is 2.09. The van der Waals surface area contributed by atoms with Crippen molar-refractivity contribution in [3.63, 3.8) is 0 Å². The van der Waals surface area contributed by atoms with Crippen molar-refractivity contribution in [1.29, 1.82) is 0 Å². The normalized spacial score (nSPS) is 9.66. The molecule has 0 radical (unpaired) electrons. The number of aromatic nitrogens is 1. The molecule has 0 saturated heterocycles. The van der Waals surface area contributed by atoms with Crippen molar-refractivity contribution in [3.8, 4) is 5.75 Å². The second kappa shape index (κ2) is 13.4. The Balaban J connectivity index is 0. The number of aromatic hydroxyl groups is 1. The molecule has 0 fully saturated rings. The van der Waals surface area contributed by atoms with E-state index < -0.39 is 0 Å². The molecule has 162 valence electrons. The minimum Gasteiger partial charge on any atom is -1.00 e. The van der Waals surface area contributed by atoms with E-state index in [9.17, 15) is 5.11 Å². The lowest BCUT2D eigenvalue weighted by Gasteiger charge is -2.19. The van der Waals surface area contributed by atoms with Gasteiger partial charge < -0.3 is 46.2 Å². The van der Waals surface area contributed by atoms with Gasteiger partial charge in [-0.15, -0.1) is 0 Å². The van der Waals surface area contributed by atoms with Crippen LogP contribution in [-0.2, 0) is 6.54 Å². The Morgan fingerprint density at radius 2 is 1.69 bits per heavy atom. The molecular formula is C20H26Cl3N3O3-2. The Bertz CT molecular complexity index is 893. The van der Waals surface area contributed by atoms with Gasteiger partial charge in [0.2, 0.25) is 0 Å². The molecule has 29 heavy (non-hydrogen) atoms. The standard InChI is InChI=1S/C20H22ClN3O.2ClH.2H2O/c1-3-24(4-2)13-14-11-16(6-8-20(14)25)23-18-9-10-22-19-12-15(21)5-7-17(18)19;;;;/h5-12,25H,3-4,13H2,1-2H3,(H,22,23);2*1H;2*1H2/p-2. The van der Waals surface area contributed by atoms with E-state index in [2.05, 4.69) is 29.0 Å². The molecule has 0 aliphatic rings. The third-order valence-electron chi connectivity index (χ3n) is 4.35. The van der Waals surface area contributed by atoms with Crippen LogP contribution >= 0.6 is 11.6 Å². The van der Waals surface area contributed by atoms with Crippen LogP contribution < -0.4 is 30.1 Å². The first kappa shape index (κ1) is 29.4. The second-order valence-corrected chi connectivity index (χ2v) is 6.39. The monoisotopic (exact) mass is 461 g/mol. The summed E-state index contributed by atoms with van der Waals surface area (Å²) in [5.41, 5.74) is 3.65. The summed E-state index contributed by atoms with van der Waals surface area (Å²) in [6.07, 6.45) is 1.76. The van der Waals surface area contributed by atoms with Crippen LogP contribution in [0.4, 0.5) is 11.4 Å². The highest BCUT2D eigenvalue weighted by atomic mass is 35.5. The van der Waals surface area contributed by atoms with E-state index in [0.717, 1.165) is 47.5 Å². The molecule has 1 aromatic heterocycles. The number of anilines is 2. The van der Waals surface area contributed by atoms with Gasteiger partial charge in [-0.05, 0) is 55.6 Å². The molecule has 3 aromatic rings. The van der Waals surface area contributed by atoms with Crippen molar-refractivity contribution in [2.45, 2.75) is 20.4 Å². The summed E-state index contributed by atoms with van der Waals surface area (Å²) in [6.45, 7) is 6.86. The maximum absolute atomic E-state index is 10.2. The number of phenols is 1. The van der Waals surface area contributed by atoms with Gasteiger partial charge in [-0.25, -0.2) is 0 Å². The van der Waals surface area contributed by atoms with Crippen LogP contribution in [-0.4, -0.2) is 39.0 Å². The number of hydrogen-bond acceptors (Lipinski definition) is 4. The highest BCUT2D eigenvalue weighted by Crippen LogP contribution is 2.29. The third kappa shape index (κ3) is 7.19. The molecule has 6 nitrogen and oxygen atoms in total. The molecule has 0 spiro atoms. The summed E-state index contributed by atoms with van der Waals surface area (Å²) >= 11 is 6.05. The molecule has 0 amide bonds. The first-order valence-corrected chi connectivity index (χ1v) is 8.84. The lowest BCUT2D eigenvalue weighted by atomic mass is 10.1. The summed E-state index contributed by atoms with van der Waals surface area (Å²) in [4.78, 5) is 6.63. The largest absolute Gasteiger partial charge is 1.00 e. The van der Waals surface area contributed by atoms with E-state index >= 15 is 0 Å². The lowest BCUT2D eigenvalue weighted by Crippen LogP contribution is -3.00. The van der Waals surface area contributed by atoms with E-state index in [-0.39, 0.29) is 35.8 Å². The van der Waals surface area contributed by atoms with Gasteiger partial charge in [0, 0.05) is 40.1 Å². The van der Waals surface area contributed by atoms with E-state index in [0.29, 0.717) is 10.8 Å². The van der Waals surface area contributed by atoms with Crippen molar-refractivity contribution in [2.75, 3.05) is 18.4 Å². The van der Waals surface area contributed by atoms with Crippen molar-refractivity contribution in [1.82, 2.24) is 9.88 Å². The number of nitrogens with zero attached hydrogens (tertiary/aromatic N) is 2. The molecule has 0 aliphatic carbocycles. The number of benzene rings is 2. The van der Waals surface area contributed by atoms with Gasteiger partial charge in [-0.2, -0.15) is 0 Å². The summed E-state index contributed by atoms with van der Waals surface area (Å²) in [5.74, 6) is 0.323. The molecule has 0 saturated carbocycles. The predicted molar refractivity (Wildman–Crippen MR) is 112 cm³/mol. The topological polar surface area (TPSA) is 111 Å². The first-order chi connectivity index (χ1) is 12.1. The molecule has 6 N–H and O–H groups in total. The molecule has 0 atom stereocenters. The Morgan fingerprint density at radius 1 is 1.00 bits per heavy atom. The van der Waals surface area contributed by atoms with Gasteiger partial charge in [0.15, 0.2) is 0 Å². The molecular weight excluding hydrogens is 437 g/mol. The molecule has 2 aromatic carbocycles. The maximum Gasteiger partial charge on any atom is 0.120 e. The second-order valence-electron chi connectivity index (χ2n) is 5.95. The zero-order valence-electron chi connectivity index (χ0n) is 16.2. The number of hydrogen-bond donors (Lipinski definition) is 2. The fraction of sp³-hybridized carbons (Fsp3) is 0.250. The smallest absolute Gasteiger partial charge is 0.120 e. The number of halogens is 3. The van der Waals surface area contributed by atoms with Crippen LogP contribution in [0.15, 0.2) is 48.7 Å². The van der Waals surface area contributed by atoms with Crippen molar-refractivity contribution in [3.05, 3.63) is 59.2 Å². The van der Waals surface area contributed by atoms with E-state index in [1.165, 1.54) is 0 Å². The molecule has 0 aliphatic heterocycles. The summed E-state index contributed by atoms with van der Waals surface area (Å²) in [6, 6.07) is 13.2. The van der Waals surface area contributed by atoms with E-state index in [1.807, 2.05) is 36.4 Å². The van der Waals surface area contributed by atoms with Crippen LogP contribution in [0.1, 0.15) is 19.4 Å². The first-order valence-electron chi connectivity index (χ1n) is 8.46. The Morgan fingerprint density at radius 3 is 2.34 bits per heavy atom. The van der Waals surface area contributed by atoms with Crippen LogP contribution in [0.25, 0.3) is 10.9 Å². The number of fused-ring (bicyclic) bond motifs is 1. The number of rotatable bonds is 6. The van der Waals surface area contributed by atoms with Gasteiger partial charge >= 0.3 is 0 Å². The van der Waals surface area contributed by atoms with Gasteiger partial charge in [-0.1, -0.05) is 25.4 Å². The van der Waals surface area contributed by atoms with Crippen LogP contribution in [0.2, 0.25) is 5.02 Å². The molecule has 1 heterocycles. The van der Waals surface area contributed by atoms with Crippen LogP contribution in [0, 0.1) is 0 Å². The molecule has 3 rings (SSSR count). The minimum absolute atomic E-state index is 0. The van der Waals surface area contributed by atoms with Crippen molar-refractivity contribution in [2.24, 2.45) is 0 Å². The van der Waals surface area contributed by atoms with Gasteiger partial charge in [-0.3, -0.25) is 9.88 Å². The number of pyridine rings is 1. The average Bonchev–Trinajstić information content (AvgIpc) is 2.62. The Labute approximate surface area is 188 Å². The minimum atomic E-state index is 0. The van der Waals surface area contributed by atoms with Gasteiger partial charge in [0.05, 0.1) is 5.52 Å². The third-order valence-corrected chi connectivity index (χ3v) is 4.59. The van der Waals surface area contributed by atoms with Gasteiger partial charge in [0.25, 0.3) is 0 Å². The Kier molecular flexibility index (Phi) is 13.6. The predicted octanol–water partition coefficient (Wildman–Crippen LogP) is -2.46.